The number of alkyl halides is 1. The number of benzene rings is 1. The Morgan fingerprint density at radius 2 is 2.04 bits per heavy atom. The van der Waals surface area contributed by atoms with Gasteiger partial charge >= 0.3 is 0 Å². The smallest absolute Gasteiger partial charge is 0.252 e. The molecule has 3 aromatic rings. The molecule has 0 fully saturated rings. The number of carbonyl (C=O) groups excluding carboxylic acids is 1. The number of carbonyl (C=O) groups is 1. The summed E-state index contributed by atoms with van der Waals surface area (Å²) in [6.07, 6.45) is 0.706. The molecule has 0 radical (unpaired) electrons. The second-order valence-electron chi connectivity index (χ2n) is 5.40. The summed E-state index contributed by atoms with van der Waals surface area (Å²) in [5, 5.41) is 2.73. The van der Waals surface area contributed by atoms with Crippen molar-refractivity contribution in [1.29, 1.82) is 0 Å². The molecule has 134 valence electrons. The summed E-state index contributed by atoms with van der Waals surface area (Å²) in [5.74, 6) is -0.836. The van der Waals surface area contributed by atoms with Crippen LogP contribution in [0, 0.1) is 12.7 Å². The van der Waals surface area contributed by atoms with Gasteiger partial charge in [-0.3, -0.25) is 4.79 Å². The molecule has 1 amide bonds. The van der Waals surface area contributed by atoms with Crippen LogP contribution in [-0.4, -0.2) is 27.4 Å². The lowest BCUT2D eigenvalue weighted by atomic mass is 10.1. The average Bonchev–Trinajstić information content (AvgIpc) is 3.06. The summed E-state index contributed by atoms with van der Waals surface area (Å²) < 4.78 is 27.2. The fourth-order valence-corrected chi connectivity index (χ4v) is 3.26. The molecule has 0 aliphatic rings. The first-order valence-electron chi connectivity index (χ1n) is 7.55. The van der Waals surface area contributed by atoms with E-state index >= 15 is 0 Å². The summed E-state index contributed by atoms with van der Waals surface area (Å²) >= 11 is 7.28. The zero-order chi connectivity index (χ0) is 18.7. The van der Waals surface area contributed by atoms with Crippen molar-refractivity contribution < 1.29 is 13.6 Å². The number of aromatic nitrogens is 3. The highest BCUT2D eigenvalue weighted by atomic mass is 35.5. The Balaban J connectivity index is 1.75. The van der Waals surface area contributed by atoms with E-state index in [-0.39, 0.29) is 23.0 Å². The van der Waals surface area contributed by atoms with Gasteiger partial charge in [-0.15, -0.1) is 11.3 Å². The largest absolute Gasteiger partial charge is 0.349 e. The molecule has 2 aromatic heterocycles. The zero-order valence-corrected chi connectivity index (χ0v) is 15.1. The van der Waals surface area contributed by atoms with Crippen molar-refractivity contribution in [2.24, 2.45) is 0 Å². The molecule has 0 aliphatic heterocycles. The first kappa shape index (κ1) is 18.3. The molecule has 1 unspecified atom stereocenters. The summed E-state index contributed by atoms with van der Waals surface area (Å²) in [6, 6.07) is 4.61. The van der Waals surface area contributed by atoms with Crippen LogP contribution >= 0.6 is 22.9 Å². The predicted octanol–water partition coefficient (Wildman–Crippen LogP) is 4.14. The third-order valence-electron chi connectivity index (χ3n) is 3.60. The molecule has 1 aromatic carbocycles. The number of halogens is 3. The average molecular weight is 395 g/mol. The highest BCUT2D eigenvalue weighted by molar-refractivity contribution is 7.09. The maximum atomic E-state index is 14.3. The number of thiazole rings is 1. The number of rotatable bonds is 5. The van der Waals surface area contributed by atoms with E-state index in [1.165, 1.54) is 23.5 Å². The molecule has 0 saturated carbocycles. The Morgan fingerprint density at radius 3 is 2.69 bits per heavy atom. The van der Waals surface area contributed by atoms with Crippen LogP contribution in [-0.2, 0) is 0 Å². The fourth-order valence-electron chi connectivity index (χ4n) is 2.28. The van der Waals surface area contributed by atoms with Crippen molar-refractivity contribution in [2.45, 2.75) is 13.1 Å². The molecule has 3 rings (SSSR count). The summed E-state index contributed by atoms with van der Waals surface area (Å²) in [5.41, 5.74) is 2.81. The lowest BCUT2D eigenvalue weighted by Crippen LogP contribution is -2.27. The van der Waals surface area contributed by atoms with Gasteiger partial charge in [-0.25, -0.2) is 23.7 Å². The molecular formula is C17H13ClF2N4OS. The molecular weight excluding hydrogens is 382 g/mol. The summed E-state index contributed by atoms with van der Waals surface area (Å²) in [6.45, 7) is 1.51. The Hall–Kier alpha value is -2.45. The molecule has 9 heteroatoms. The molecule has 0 spiro atoms. The Morgan fingerprint density at radius 1 is 1.31 bits per heavy atom. The molecule has 5 nitrogen and oxygen atoms in total. The second kappa shape index (κ2) is 7.84. The minimum Gasteiger partial charge on any atom is -0.349 e. The predicted molar refractivity (Wildman–Crippen MR) is 95.5 cm³/mol. The van der Waals surface area contributed by atoms with Gasteiger partial charge in [-0.05, 0) is 25.1 Å². The number of nitrogens with one attached hydrogen (secondary N) is 1. The van der Waals surface area contributed by atoms with Gasteiger partial charge in [0.25, 0.3) is 5.91 Å². The number of amides is 1. The van der Waals surface area contributed by atoms with E-state index in [1.54, 1.807) is 18.5 Å². The van der Waals surface area contributed by atoms with Gasteiger partial charge in [0, 0.05) is 5.56 Å². The lowest BCUT2D eigenvalue weighted by molar-refractivity contribution is 0.0942. The van der Waals surface area contributed by atoms with Crippen molar-refractivity contribution in [3.8, 4) is 11.4 Å². The van der Waals surface area contributed by atoms with Crippen molar-refractivity contribution in [1.82, 2.24) is 20.3 Å². The van der Waals surface area contributed by atoms with E-state index < -0.39 is 17.9 Å². The number of hydrogen-bond donors (Lipinski definition) is 1. The van der Waals surface area contributed by atoms with E-state index in [1.807, 2.05) is 0 Å². The zero-order valence-electron chi connectivity index (χ0n) is 13.5. The van der Waals surface area contributed by atoms with Crippen LogP contribution in [0.3, 0.4) is 0 Å². The Labute approximate surface area is 157 Å². The number of nitrogens with zero attached hydrogens (tertiary/aromatic N) is 3. The van der Waals surface area contributed by atoms with Gasteiger partial charge in [0.05, 0.1) is 45.6 Å². The van der Waals surface area contributed by atoms with Crippen LogP contribution in [0.15, 0.2) is 36.1 Å². The molecule has 0 bridgehead atoms. The Bertz CT molecular complexity index is 933. The van der Waals surface area contributed by atoms with Crippen LogP contribution in [0.4, 0.5) is 8.78 Å². The van der Waals surface area contributed by atoms with Crippen LogP contribution in [0.2, 0.25) is 5.02 Å². The van der Waals surface area contributed by atoms with Crippen LogP contribution < -0.4 is 5.32 Å². The van der Waals surface area contributed by atoms with Gasteiger partial charge in [-0.1, -0.05) is 11.6 Å². The van der Waals surface area contributed by atoms with Gasteiger partial charge in [0.2, 0.25) is 0 Å². The number of aryl methyl sites for hydroxylation is 1. The van der Waals surface area contributed by atoms with E-state index in [9.17, 15) is 13.6 Å². The van der Waals surface area contributed by atoms with Gasteiger partial charge in [0.1, 0.15) is 0 Å². The highest BCUT2D eigenvalue weighted by Crippen LogP contribution is 2.25. The highest BCUT2D eigenvalue weighted by Gasteiger charge is 2.18. The monoisotopic (exact) mass is 394 g/mol. The van der Waals surface area contributed by atoms with Crippen molar-refractivity contribution in [3.05, 3.63) is 63.1 Å². The maximum Gasteiger partial charge on any atom is 0.252 e. The topological polar surface area (TPSA) is 67.8 Å². The maximum absolute atomic E-state index is 14.3. The third-order valence-corrected chi connectivity index (χ3v) is 4.94. The van der Waals surface area contributed by atoms with Crippen LogP contribution in [0.5, 0.6) is 0 Å². The molecule has 0 saturated heterocycles. The van der Waals surface area contributed by atoms with Crippen LogP contribution in [0.1, 0.15) is 27.1 Å². The summed E-state index contributed by atoms with van der Waals surface area (Å²) in [7, 11) is 0. The second-order valence-corrected chi connectivity index (χ2v) is 6.69. The first-order valence-corrected chi connectivity index (χ1v) is 8.81. The van der Waals surface area contributed by atoms with E-state index in [0.29, 0.717) is 16.1 Å². The molecule has 0 aliphatic carbocycles. The summed E-state index contributed by atoms with van der Waals surface area (Å²) in [4.78, 5) is 24.6. The number of hydrogen-bond acceptors (Lipinski definition) is 5. The molecule has 2 heterocycles. The van der Waals surface area contributed by atoms with Gasteiger partial charge in [-0.2, -0.15) is 0 Å². The normalized spacial score (nSPS) is 12.0. The SMILES string of the molecule is Cc1ncsc1C(F)CNC(=O)c1cc(-c2ncc(F)cn2)ccc1Cl. The Kier molecular flexibility index (Phi) is 5.53. The van der Waals surface area contributed by atoms with Crippen molar-refractivity contribution in [3.63, 3.8) is 0 Å². The van der Waals surface area contributed by atoms with Gasteiger partial charge in [0.15, 0.2) is 17.8 Å². The van der Waals surface area contributed by atoms with E-state index in [0.717, 1.165) is 12.4 Å². The minimum absolute atomic E-state index is 0.158. The fraction of sp³-hybridized carbons (Fsp3) is 0.176. The van der Waals surface area contributed by atoms with Crippen molar-refractivity contribution in [2.75, 3.05) is 6.54 Å². The van der Waals surface area contributed by atoms with Crippen LogP contribution in [0.25, 0.3) is 11.4 Å². The third kappa shape index (κ3) is 4.03. The molecule has 1 N–H and O–H groups in total. The first-order chi connectivity index (χ1) is 12.5. The molecule has 1 atom stereocenters. The van der Waals surface area contributed by atoms with E-state index in [2.05, 4.69) is 20.3 Å². The minimum atomic E-state index is -1.35. The quantitative estimate of drug-likeness (QED) is 0.706. The van der Waals surface area contributed by atoms with Crippen molar-refractivity contribution >= 4 is 28.8 Å². The molecule has 26 heavy (non-hydrogen) atoms. The lowest BCUT2D eigenvalue weighted by Gasteiger charge is -2.11. The standard InChI is InChI=1S/C17H13ClF2N4OS/c1-9-15(26-8-24-9)14(20)7-23-17(25)12-4-10(2-3-13(12)18)16-21-5-11(19)6-22-16/h2-6,8,14H,7H2,1H3,(H,23,25). The van der Waals surface area contributed by atoms with Gasteiger partial charge < -0.3 is 5.32 Å². The van der Waals surface area contributed by atoms with E-state index in [4.69, 9.17) is 11.6 Å².